The third kappa shape index (κ3) is 4.13. The molecule has 0 aromatic carbocycles. The molecule has 0 radical (unpaired) electrons. The van der Waals surface area contributed by atoms with E-state index in [0.29, 0.717) is 0 Å². The van der Waals surface area contributed by atoms with Crippen molar-refractivity contribution in [2.24, 2.45) is 5.41 Å². The summed E-state index contributed by atoms with van der Waals surface area (Å²) in [6, 6.07) is 0. The van der Waals surface area contributed by atoms with Crippen molar-refractivity contribution in [1.82, 2.24) is 0 Å². The maximum absolute atomic E-state index is 10.5. The number of allylic oxidation sites excluding steroid dienone is 2. The van der Waals surface area contributed by atoms with Gasteiger partial charge in [0.1, 0.15) is 0 Å². The Morgan fingerprint density at radius 2 is 1.83 bits per heavy atom. The van der Waals surface area contributed by atoms with Crippen LogP contribution in [0.15, 0.2) is 36.0 Å². The summed E-state index contributed by atoms with van der Waals surface area (Å²) in [5.74, 6) is 0. The lowest BCUT2D eigenvalue weighted by Gasteiger charge is -2.36. The van der Waals surface area contributed by atoms with Gasteiger partial charge >= 0.3 is 0 Å². The van der Waals surface area contributed by atoms with E-state index in [1.165, 1.54) is 5.57 Å². The molecule has 2 atom stereocenters. The molecule has 0 saturated heterocycles. The minimum absolute atomic E-state index is 0.240. The normalized spacial score (nSPS) is 17.1. The molecule has 1 N–H and O–H groups in total. The monoisotopic (exact) mass is 250 g/mol. The largest absolute Gasteiger partial charge is 0.388 e. The van der Waals surface area contributed by atoms with E-state index >= 15 is 0 Å². The molecule has 2 unspecified atom stereocenters. The Bertz CT molecular complexity index is 325. The van der Waals surface area contributed by atoms with Crippen LogP contribution in [-0.4, -0.2) is 11.2 Å². The van der Waals surface area contributed by atoms with Gasteiger partial charge in [-0.2, -0.15) is 0 Å². The van der Waals surface area contributed by atoms with Crippen LogP contribution in [0.25, 0.3) is 0 Å². The standard InChI is InChI=1S/C17H30O/c1-8-13(4)11-12-14(5)16(18)17(7,10-3)15(6)9-2/h8,16,18H,5-6,9-12H2,1-4,7H3/b13-8-. The number of aliphatic hydroxyl groups is 1. The van der Waals surface area contributed by atoms with Gasteiger partial charge in [0.05, 0.1) is 6.10 Å². The molecule has 0 aliphatic heterocycles. The lowest BCUT2D eigenvalue weighted by atomic mass is 9.71. The average Bonchev–Trinajstić information content (AvgIpc) is 2.41. The van der Waals surface area contributed by atoms with Crippen molar-refractivity contribution in [1.29, 1.82) is 0 Å². The van der Waals surface area contributed by atoms with Crippen molar-refractivity contribution in [3.63, 3.8) is 0 Å². The second-order valence-corrected chi connectivity index (χ2v) is 5.42. The quantitative estimate of drug-likeness (QED) is 0.599. The van der Waals surface area contributed by atoms with E-state index in [9.17, 15) is 5.11 Å². The molecule has 1 nitrogen and oxygen atoms in total. The predicted octanol–water partition coefficient (Wildman–Crippen LogP) is 5.03. The molecule has 0 bridgehead atoms. The van der Waals surface area contributed by atoms with Gasteiger partial charge in [-0.15, -0.1) is 0 Å². The fraction of sp³-hybridized carbons (Fsp3) is 0.647. The van der Waals surface area contributed by atoms with Crippen LogP contribution >= 0.6 is 0 Å². The fourth-order valence-electron chi connectivity index (χ4n) is 2.13. The van der Waals surface area contributed by atoms with Crippen LogP contribution in [0, 0.1) is 5.41 Å². The van der Waals surface area contributed by atoms with Gasteiger partial charge in [-0.3, -0.25) is 0 Å². The van der Waals surface area contributed by atoms with Crippen LogP contribution in [0.3, 0.4) is 0 Å². The third-order valence-electron chi connectivity index (χ3n) is 4.29. The second-order valence-electron chi connectivity index (χ2n) is 5.42. The van der Waals surface area contributed by atoms with Crippen molar-refractivity contribution < 1.29 is 5.11 Å². The first-order valence-corrected chi connectivity index (χ1v) is 6.99. The summed E-state index contributed by atoms with van der Waals surface area (Å²) in [6.45, 7) is 18.6. The molecule has 0 saturated carbocycles. The molecule has 0 rings (SSSR count). The van der Waals surface area contributed by atoms with Crippen molar-refractivity contribution in [3.8, 4) is 0 Å². The Kier molecular flexibility index (Phi) is 7.23. The zero-order chi connectivity index (χ0) is 14.3. The third-order valence-corrected chi connectivity index (χ3v) is 4.29. The second kappa shape index (κ2) is 7.58. The summed E-state index contributed by atoms with van der Waals surface area (Å²) in [7, 11) is 0. The van der Waals surface area contributed by atoms with Crippen LogP contribution in [-0.2, 0) is 0 Å². The van der Waals surface area contributed by atoms with Gasteiger partial charge in [-0.25, -0.2) is 0 Å². The lowest BCUT2D eigenvalue weighted by molar-refractivity contribution is 0.0863. The highest BCUT2D eigenvalue weighted by atomic mass is 16.3. The smallest absolute Gasteiger partial charge is 0.0838 e. The van der Waals surface area contributed by atoms with Gasteiger partial charge < -0.3 is 5.11 Å². The minimum atomic E-state index is -0.486. The molecule has 0 heterocycles. The summed E-state index contributed by atoms with van der Waals surface area (Å²) < 4.78 is 0. The van der Waals surface area contributed by atoms with Crippen LogP contribution < -0.4 is 0 Å². The van der Waals surface area contributed by atoms with Crippen LogP contribution in [0.2, 0.25) is 0 Å². The van der Waals surface area contributed by atoms with Gasteiger partial charge in [-0.05, 0) is 45.1 Å². The van der Waals surface area contributed by atoms with Crippen LogP contribution in [0.4, 0.5) is 0 Å². The van der Waals surface area contributed by atoms with E-state index in [-0.39, 0.29) is 5.41 Å². The van der Waals surface area contributed by atoms with Gasteiger partial charge in [0.2, 0.25) is 0 Å². The first-order valence-electron chi connectivity index (χ1n) is 6.99. The van der Waals surface area contributed by atoms with Crippen molar-refractivity contribution in [2.45, 2.75) is 66.4 Å². The predicted molar refractivity (Wildman–Crippen MR) is 81.6 cm³/mol. The summed E-state index contributed by atoms with van der Waals surface area (Å²) in [6.07, 6.45) is 5.25. The summed E-state index contributed by atoms with van der Waals surface area (Å²) in [4.78, 5) is 0. The Morgan fingerprint density at radius 1 is 1.28 bits per heavy atom. The van der Waals surface area contributed by atoms with Gasteiger partial charge in [0.25, 0.3) is 0 Å². The molecular weight excluding hydrogens is 220 g/mol. The highest BCUT2D eigenvalue weighted by Crippen LogP contribution is 2.39. The van der Waals surface area contributed by atoms with E-state index in [1.54, 1.807) is 0 Å². The van der Waals surface area contributed by atoms with E-state index < -0.39 is 6.10 Å². The molecular formula is C17H30O. The molecule has 18 heavy (non-hydrogen) atoms. The number of rotatable bonds is 8. The summed E-state index contributed by atoms with van der Waals surface area (Å²) >= 11 is 0. The van der Waals surface area contributed by atoms with Crippen LogP contribution in [0.1, 0.15) is 60.3 Å². The average molecular weight is 250 g/mol. The first kappa shape index (κ1) is 17.2. The number of hydrogen-bond donors (Lipinski definition) is 1. The summed E-state index contributed by atoms with van der Waals surface area (Å²) in [5.41, 5.74) is 3.14. The Balaban J connectivity index is 4.74. The molecule has 0 spiro atoms. The molecule has 0 aromatic heterocycles. The number of hydrogen-bond acceptors (Lipinski definition) is 1. The van der Waals surface area contributed by atoms with E-state index in [1.807, 2.05) is 6.92 Å². The topological polar surface area (TPSA) is 20.2 Å². The molecule has 0 amide bonds. The Morgan fingerprint density at radius 3 is 2.22 bits per heavy atom. The first-order chi connectivity index (χ1) is 8.33. The maximum atomic E-state index is 10.5. The van der Waals surface area contributed by atoms with E-state index in [0.717, 1.165) is 36.8 Å². The zero-order valence-corrected chi connectivity index (χ0v) is 12.8. The minimum Gasteiger partial charge on any atom is -0.388 e. The molecule has 104 valence electrons. The molecule has 0 aliphatic carbocycles. The van der Waals surface area contributed by atoms with Gasteiger partial charge in [0.15, 0.2) is 0 Å². The Labute approximate surface area is 113 Å². The molecule has 0 aliphatic rings. The maximum Gasteiger partial charge on any atom is 0.0838 e. The SMILES string of the molecule is C=C(CC/C(C)=C\C)C(O)C(C)(CC)C(=C)CC. The molecule has 0 aromatic rings. The lowest BCUT2D eigenvalue weighted by Crippen LogP contribution is -2.34. The van der Waals surface area contributed by atoms with Gasteiger partial charge in [0, 0.05) is 5.41 Å². The van der Waals surface area contributed by atoms with E-state index in [2.05, 4.69) is 46.9 Å². The zero-order valence-electron chi connectivity index (χ0n) is 12.8. The van der Waals surface area contributed by atoms with Gasteiger partial charge in [-0.1, -0.05) is 51.2 Å². The number of aliphatic hydroxyl groups excluding tert-OH is 1. The van der Waals surface area contributed by atoms with Crippen LogP contribution in [0.5, 0.6) is 0 Å². The molecule has 0 fully saturated rings. The highest BCUT2D eigenvalue weighted by molar-refractivity contribution is 5.20. The molecule has 1 heteroatoms. The summed E-state index contributed by atoms with van der Waals surface area (Å²) in [5, 5.41) is 10.5. The van der Waals surface area contributed by atoms with Crippen molar-refractivity contribution >= 4 is 0 Å². The fourth-order valence-corrected chi connectivity index (χ4v) is 2.13. The van der Waals surface area contributed by atoms with E-state index in [4.69, 9.17) is 0 Å². The highest BCUT2D eigenvalue weighted by Gasteiger charge is 2.34. The van der Waals surface area contributed by atoms with Crippen molar-refractivity contribution in [3.05, 3.63) is 36.0 Å². The van der Waals surface area contributed by atoms with Crippen molar-refractivity contribution in [2.75, 3.05) is 0 Å². The Hall–Kier alpha value is -0.820.